The molecule has 0 saturated carbocycles. The van der Waals surface area contributed by atoms with E-state index in [9.17, 15) is 4.79 Å². The van der Waals surface area contributed by atoms with Crippen molar-refractivity contribution in [1.29, 1.82) is 0 Å². The molecule has 0 radical (unpaired) electrons. The highest BCUT2D eigenvalue weighted by molar-refractivity contribution is 7.98. The summed E-state index contributed by atoms with van der Waals surface area (Å²) in [5.41, 5.74) is 2.64. The van der Waals surface area contributed by atoms with Gasteiger partial charge >= 0.3 is 0 Å². The zero-order valence-electron chi connectivity index (χ0n) is 18.9. The Labute approximate surface area is 210 Å². The van der Waals surface area contributed by atoms with Crippen LogP contribution in [0.4, 0.5) is 0 Å². The van der Waals surface area contributed by atoms with Gasteiger partial charge in [0, 0.05) is 18.0 Å². The predicted octanol–water partition coefficient (Wildman–Crippen LogP) is 4.91. The van der Waals surface area contributed by atoms with Crippen LogP contribution in [0.2, 0.25) is 5.02 Å². The molecule has 35 heavy (non-hydrogen) atoms. The Bertz CT molecular complexity index is 1570. The van der Waals surface area contributed by atoms with Gasteiger partial charge in [0.05, 0.1) is 36.2 Å². The quantitative estimate of drug-likeness (QED) is 0.291. The van der Waals surface area contributed by atoms with E-state index in [1.54, 1.807) is 32.5 Å². The number of benzene rings is 2. The Morgan fingerprint density at radius 3 is 2.54 bits per heavy atom. The van der Waals surface area contributed by atoms with E-state index in [0.717, 1.165) is 17.0 Å². The first-order valence-electron chi connectivity index (χ1n) is 10.6. The van der Waals surface area contributed by atoms with Crippen molar-refractivity contribution in [3.63, 3.8) is 0 Å². The molecule has 2 aromatic carbocycles. The van der Waals surface area contributed by atoms with Crippen LogP contribution in [-0.2, 0) is 5.75 Å². The maximum absolute atomic E-state index is 12.6. The van der Waals surface area contributed by atoms with Gasteiger partial charge in [0.1, 0.15) is 17.1 Å². The van der Waals surface area contributed by atoms with Crippen molar-refractivity contribution in [2.75, 3.05) is 14.2 Å². The molecule has 5 rings (SSSR count). The lowest BCUT2D eigenvalue weighted by Gasteiger charge is -2.13. The summed E-state index contributed by atoms with van der Waals surface area (Å²) in [6.07, 6.45) is 1.56. The zero-order valence-corrected chi connectivity index (χ0v) is 20.5. The van der Waals surface area contributed by atoms with Crippen LogP contribution in [0.25, 0.3) is 22.7 Å². The summed E-state index contributed by atoms with van der Waals surface area (Å²) in [5.74, 6) is 2.50. The van der Waals surface area contributed by atoms with Crippen LogP contribution in [0.3, 0.4) is 0 Å². The normalized spacial score (nSPS) is 11.1. The number of ether oxygens (including phenoxy) is 2. The van der Waals surface area contributed by atoms with Crippen molar-refractivity contribution >= 4 is 29.0 Å². The highest BCUT2D eigenvalue weighted by atomic mass is 35.5. The first-order chi connectivity index (χ1) is 17.1. The highest BCUT2D eigenvalue weighted by Gasteiger charge is 2.19. The van der Waals surface area contributed by atoms with Crippen LogP contribution < -0.4 is 15.0 Å². The topological polar surface area (TPSA) is 83.5 Å². The number of nitrogens with zero attached hydrogens (tertiary/aromatic N) is 5. The average Bonchev–Trinajstić information content (AvgIpc) is 3.31. The molecule has 0 aliphatic carbocycles. The number of thioether (sulfide) groups is 1. The number of pyridine rings is 1. The van der Waals surface area contributed by atoms with Gasteiger partial charge in [-0.2, -0.15) is 0 Å². The summed E-state index contributed by atoms with van der Waals surface area (Å²) in [6.45, 7) is 0. The van der Waals surface area contributed by atoms with Gasteiger partial charge < -0.3 is 9.47 Å². The minimum atomic E-state index is -0.195. The molecule has 0 N–H and O–H groups in total. The molecule has 3 heterocycles. The average molecular weight is 506 g/mol. The van der Waals surface area contributed by atoms with E-state index in [-0.39, 0.29) is 5.56 Å². The molecule has 0 atom stereocenters. The molecule has 10 heteroatoms. The van der Waals surface area contributed by atoms with E-state index in [1.807, 2.05) is 53.1 Å². The molecule has 5 aromatic rings. The maximum atomic E-state index is 12.6. The van der Waals surface area contributed by atoms with Crippen molar-refractivity contribution < 1.29 is 9.47 Å². The zero-order chi connectivity index (χ0) is 24.4. The van der Waals surface area contributed by atoms with E-state index in [2.05, 4.69) is 15.2 Å². The van der Waals surface area contributed by atoms with Crippen LogP contribution >= 0.6 is 23.4 Å². The summed E-state index contributed by atoms with van der Waals surface area (Å²) in [6, 6.07) is 20.2. The molecule has 0 aliphatic heterocycles. The number of aromatic nitrogens is 5. The van der Waals surface area contributed by atoms with E-state index < -0.39 is 0 Å². The lowest BCUT2D eigenvalue weighted by Crippen LogP contribution is -2.15. The van der Waals surface area contributed by atoms with Gasteiger partial charge in [-0.05, 0) is 48.5 Å². The molecule has 0 unspecified atom stereocenters. The summed E-state index contributed by atoms with van der Waals surface area (Å²) < 4.78 is 14.3. The van der Waals surface area contributed by atoms with Crippen molar-refractivity contribution in [3.8, 4) is 28.6 Å². The van der Waals surface area contributed by atoms with Gasteiger partial charge in [0.2, 0.25) is 0 Å². The second-order valence-electron chi connectivity index (χ2n) is 7.49. The third kappa shape index (κ3) is 4.60. The first-order valence-corrected chi connectivity index (χ1v) is 12.0. The van der Waals surface area contributed by atoms with Crippen LogP contribution in [0.15, 0.2) is 82.9 Å². The molecular formula is C25H20ClN5O3S. The van der Waals surface area contributed by atoms with Gasteiger partial charge in [0.15, 0.2) is 11.0 Å². The highest BCUT2D eigenvalue weighted by Crippen LogP contribution is 2.34. The second-order valence-corrected chi connectivity index (χ2v) is 8.87. The Morgan fingerprint density at radius 2 is 1.77 bits per heavy atom. The first kappa shape index (κ1) is 22.9. The van der Waals surface area contributed by atoms with Gasteiger partial charge in [-0.1, -0.05) is 35.5 Å². The minimum absolute atomic E-state index is 0.195. The van der Waals surface area contributed by atoms with Gasteiger partial charge in [-0.25, -0.2) is 4.98 Å². The Balaban J connectivity index is 1.55. The number of hydrogen-bond acceptors (Lipinski definition) is 7. The number of methoxy groups -OCH3 is 2. The summed E-state index contributed by atoms with van der Waals surface area (Å²) in [7, 11) is 3.25. The number of para-hydroxylation sites is 1. The van der Waals surface area contributed by atoms with Crippen molar-refractivity contribution in [3.05, 3.63) is 94.0 Å². The lowest BCUT2D eigenvalue weighted by atomic mass is 10.2. The van der Waals surface area contributed by atoms with Crippen LogP contribution in [0.1, 0.15) is 5.69 Å². The number of fused-ring (bicyclic) bond motifs is 1. The van der Waals surface area contributed by atoms with Gasteiger partial charge in [-0.3, -0.25) is 13.8 Å². The largest absolute Gasteiger partial charge is 0.497 e. The predicted molar refractivity (Wildman–Crippen MR) is 136 cm³/mol. The molecule has 0 spiro atoms. The third-order valence-corrected chi connectivity index (χ3v) is 6.52. The standard InChI is InChI=1S/C25H20ClN5O3S/c1-33-19-10-8-18(9-11-19)31-24(20-5-3-4-6-21(20)34-2)28-29-25(31)35-15-17-13-23(32)30-14-16(26)7-12-22(30)27-17/h3-14H,15H2,1-2H3. The fraction of sp³-hybridized carbons (Fsp3) is 0.120. The van der Waals surface area contributed by atoms with Crippen LogP contribution in [0, 0.1) is 0 Å². The van der Waals surface area contributed by atoms with Gasteiger partial charge in [0.25, 0.3) is 5.56 Å². The van der Waals surface area contributed by atoms with E-state index >= 15 is 0 Å². The van der Waals surface area contributed by atoms with Crippen molar-refractivity contribution in [2.45, 2.75) is 10.9 Å². The Morgan fingerprint density at radius 1 is 0.971 bits per heavy atom. The van der Waals surface area contributed by atoms with Crippen LogP contribution in [-0.4, -0.2) is 38.4 Å². The molecule has 0 amide bonds. The maximum Gasteiger partial charge on any atom is 0.258 e. The van der Waals surface area contributed by atoms with E-state index in [1.165, 1.54) is 22.2 Å². The summed E-state index contributed by atoms with van der Waals surface area (Å²) in [5, 5.41) is 10.1. The monoisotopic (exact) mass is 505 g/mol. The number of rotatable bonds is 7. The van der Waals surface area contributed by atoms with Crippen molar-refractivity contribution in [2.24, 2.45) is 0 Å². The molecule has 0 bridgehead atoms. The van der Waals surface area contributed by atoms with Crippen molar-refractivity contribution in [1.82, 2.24) is 24.1 Å². The molecule has 0 saturated heterocycles. The smallest absolute Gasteiger partial charge is 0.258 e. The number of hydrogen-bond donors (Lipinski definition) is 0. The van der Waals surface area contributed by atoms with E-state index in [0.29, 0.717) is 38.8 Å². The molecule has 3 aromatic heterocycles. The third-order valence-electron chi connectivity index (χ3n) is 5.34. The van der Waals surface area contributed by atoms with Crippen LogP contribution in [0.5, 0.6) is 11.5 Å². The minimum Gasteiger partial charge on any atom is -0.497 e. The Kier molecular flexibility index (Phi) is 6.43. The summed E-state index contributed by atoms with van der Waals surface area (Å²) in [4.78, 5) is 17.2. The Hall–Kier alpha value is -3.82. The molecule has 0 aliphatic rings. The molecule has 0 fully saturated rings. The van der Waals surface area contributed by atoms with Gasteiger partial charge in [-0.15, -0.1) is 10.2 Å². The lowest BCUT2D eigenvalue weighted by molar-refractivity contribution is 0.414. The second kappa shape index (κ2) is 9.81. The fourth-order valence-electron chi connectivity index (χ4n) is 3.67. The molecule has 176 valence electrons. The molecule has 8 nitrogen and oxygen atoms in total. The molecular weight excluding hydrogens is 486 g/mol. The van der Waals surface area contributed by atoms with E-state index in [4.69, 9.17) is 21.1 Å². The SMILES string of the molecule is COc1ccc(-n2c(SCc3cc(=O)n4cc(Cl)ccc4n3)nnc2-c2ccccc2OC)cc1. The number of halogens is 1. The summed E-state index contributed by atoms with van der Waals surface area (Å²) >= 11 is 7.45. The fourth-order valence-corrected chi connectivity index (χ4v) is 4.67.